The smallest absolute Gasteiger partial charge is 0.270 e. The van der Waals surface area contributed by atoms with Gasteiger partial charge in [-0.1, -0.05) is 0 Å². The Bertz CT molecular complexity index is 499. The molecule has 2 N–H and O–H groups in total. The Morgan fingerprint density at radius 3 is 2.75 bits per heavy atom. The summed E-state index contributed by atoms with van der Waals surface area (Å²) in [6.07, 6.45) is 3.31. The van der Waals surface area contributed by atoms with Crippen LogP contribution in [-0.4, -0.2) is 19.4 Å². The number of aryl methyl sites for hydroxylation is 1. The summed E-state index contributed by atoms with van der Waals surface area (Å²) in [7, 11) is -3.46. The van der Waals surface area contributed by atoms with Crippen LogP contribution in [0.5, 0.6) is 0 Å². The lowest BCUT2D eigenvalue weighted by atomic mass is 10.3. The molecule has 0 atom stereocenters. The second kappa shape index (κ2) is 4.31. The predicted molar refractivity (Wildman–Crippen MR) is 65.4 cm³/mol. The van der Waals surface area contributed by atoms with Gasteiger partial charge in [0, 0.05) is 6.04 Å². The average molecular weight is 306 g/mol. The number of aromatic nitrogens is 1. The summed E-state index contributed by atoms with van der Waals surface area (Å²) in [6, 6.07) is 1.82. The zero-order valence-electron chi connectivity index (χ0n) is 8.70. The van der Waals surface area contributed by atoms with Crippen molar-refractivity contribution < 1.29 is 8.42 Å². The van der Waals surface area contributed by atoms with Crippen LogP contribution in [0.25, 0.3) is 0 Å². The molecule has 0 unspecified atom stereocenters. The van der Waals surface area contributed by atoms with Gasteiger partial charge in [-0.3, -0.25) is 4.72 Å². The standard InChI is InChI=1S/C9H12BrN3O2S/c1-6-4-8(5-11-9(6)10)13-16(14,15)12-7-2-3-7/h4-5,7,12-13H,2-3H2,1H3. The predicted octanol–water partition coefficient (Wildman–Crippen LogP) is 1.56. The van der Waals surface area contributed by atoms with Gasteiger partial charge in [0.25, 0.3) is 10.2 Å². The van der Waals surface area contributed by atoms with E-state index in [4.69, 9.17) is 0 Å². The summed E-state index contributed by atoms with van der Waals surface area (Å²) < 4.78 is 28.9. The molecule has 1 aliphatic carbocycles. The van der Waals surface area contributed by atoms with Gasteiger partial charge in [-0.25, -0.2) is 4.98 Å². The van der Waals surface area contributed by atoms with E-state index in [1.165, 1.54) is 6.20 Å². The molecular formula is C9H12BrN3O2S. The van der Waals surface area contributed by atoms with Crippen molar-refractivity contribution in [3.63, 3.8) is 0 Å². The Morgan fingerprint density at radius 2 is 2.19 bits per heavy atom. The Hall–Kier alpha value is -0.660. The summed E-state index contributed by atoms with van der Waals surface area (Å²) in [5.41, 5.74) is 1.35. The highest BCUT2D eigenvalue weighted by Gasteiger charge is 2.26. The maximum absolute atomic E-state index is 11.6. The van der Waals surface area contributed by atoms with E-state index in [9.17, 15) is 8.42 Å². The summed E-state index contributed by atoms with van der Waals surface area (Å²) in [4.78, 5) is 4.02. The highest BCUT2D eigenvalue weighted by atomic mass is 79.9. The van der Waals surface area contributed by atoms with Crippen molar-refractivity contribution in [1.82, 2.24) is 9.71 Å². The Kier molecular flexibility index (Phi) is 3.18. The molecule has 0 saturated heterocycles. The topological polar surface area (TPSA) is 71.1 Å². The summed E-state index contributed by atoms with van der Waals surface area (Å²) in [6.45, 7) is 1.85. The van der Waals surface area contributed by atoms with Gasteiger partial charge in [0.05, 0.1) is 11.9 Å². The first-order valence-corrected chi connectivity index (χ1v) is 7.16. The minimum atomic E-state index is -3.46. The van der Waals surface area contributed by atoms with Gasteiger partial charge in [-0.15, -0.1) is 0 Å². The monoisotopic (exact) mass is 305 g/mol. The van der Waals surface area contributed by atoms with Crippen LogP contribution in [-0.2, 0) is 10.2 Å². The fraction of sp³-hybridized carbons (Fsp3) is 0.444. The van der Waals surface area contributed by atoms with Gasteiger partial charge in [0.15, 0.2) is 0 Å². The number of rotatable bonds is 4. The van der Waals surface area contributed by atoms with Crippen molar-refractivity contribution >= 4 is 31.8 Å². The molecule has 0 radical (unpaired) electrons. The maximum Gasteiger partial charge on any atom is 0.299 e. The number of halogens is 1. The molecule has 0 amide bonds. The fourth-order valence-corrected chi connectivity index (χ4v) is 2.59. The number of pyridine rings is 1. The van der Waals surface area contributed by atoms with Crippen molar-refractivity contribution in [3.8, 4) is 0 Å². The molecule has 0 aromatic carbocycles. The number of hydrogen-bond donors (Lipinski definition) is 2. The molecule has 5 nitrogen and oxygen atoms in total. The normalized spacial score (nSPS) is 16.1. The number of nitrogens with zero attached hydrogens (tertiary/aromatic N) is 1. The summed E-state index contributed by atoms with van der Waals surface area (Å²) >= 11 is 3.26. The average Bonchev–Trinajstić information content (AvgIpc) is 2.94. The molecule has 1 fully saturated rings. The Labute approximate surface area is 103 Å². The largest absolute Gasteiger partial charge is 0.299 e. The van der Waals surface area contributed by atoms with E-state index in [0.717, 1.165) is 18.4 Å². The molecule has 0 spiro atoms. The number of anilines is 1. The molecule has 88 valence electrons. The van der Waals surface area contributed by atoms with E-state index in [0.29, 0.717) is 10.3 Å². The Balaban J connectivity index is 2.10. The first-order valence-electron chi connectivity index (χ1n) is 4.88. The van der Waals surface area contributed by atoms with Crippen molar-refractivity contribution in [2.24, 2.45) is 0 Å². The highest BCUT2D eigenvalue weighted by molar-refractivity contribution is 9.10. The lowest BCUT2D eigenvalue weighted by Gasteiger charge is -2.09. The molecule has 7 heteroatoms. The molecular weight excluding hydrogens is 294 g/mol. The van der Waals surface area contributed by atoms with Crippen LogP contribution in [0, 0.1) is 6.92 Å². The third-order valence-electron chi connectivity index (χ3n) is 2.17. The molecule has 1 aromatic rings. The number of hydrogen-bond acceptors (Lipinski definition) is 3. The zero-order chi connectivity index (χ0) is 11.8. The molecule has 1 heterocycles. The van der Waals surface area contributed by atoms with Gasteiger partial charge in [0.1, 0.15) is 4.60 Å². The van der Waals surface area contributed by atoms with Crippen molar-refractivity contribution in [2.75, 3.05) is 4.72 Å². The molecule has 1 aliphatic rings. The minimum Gasteiger partial charge on any atom is -0.270 e. The molecule has 1 saturated carbocycles. The van der Waals surface area contributed by atoms with E-state index < -0.39 is 10.2 Å². The molecule has 16 heavy (non-hydrogen) atoms. The molecule has 0 aliphatic heterocycles. The van der Waals surface area contributed by atoms with E-state index in [1.54, 1.807) is 6.07 Å². The first kappa shape index (κ1) is 11.8. The number of nitrogens with one attached hydrogen (secondary N) is 2. The van der Waals surface area contributed by atoms with E-state index in [2.05, 4.69) is 30.4 Å². The van der Waals surface area contributed by atoms with Crippen molar-refractivity contribution in [3.05, 3.63) is 22.4 Å². The highest BCUT2D eigenvalue weighted by Crippen LogP contribution is 2.21. The quantitative estimate of drug-likeness (QED) is 0.829. The summed E-state index contributed by atoms with van der Waals surface area (Å²) in [5.74, 6) is 0. The maximum atomic E-state index is 11.6. The van der Waals surface area contributed by atoms with Gasteiger partial charge < -0.3 is 0 Å². The van der Waals surface area contributed by atoms with Gasteiger partial charge in [0.2, 0.25) is 0 Å². The van der Waals surface area contributed by atoms with Gasteiger partial charge >= 0.3 is 0 Å². The second-order valence-corrected chi connectivity index (χ2v) is 6.03. The van der Waals surface area contributed by atoms with Gasteiger partial charge in [-0.05, 0) is 47.3 Å². The van der Waals surface area contributed by atoms with E-state index in [1.807, 2.05) is 6.92 Å². The lowest BCUT2D eigenvalue weighted by Crippen LogP contribution is -2.31. The Morgan fingerprint density at radius 1 is 1.50 bits per heavy atom. The van der Waals surface area contributed by atoms with Crippen LogP contribution in [0.3, 0.4) is 0 Å². The molecule has 2 rings (SSSR count). The van der Waals surface area contributed by atoms with Crippen molar-refractivity contribution in [1.29, 1.82) is 0 Å². The third-order valence-corrected chi connectivity index (χ3v) is 4.14. The van der Waals surface area contributed by atoms with Gasteiger partial charge in [-0.2, -0.15) is 13.1 Å². The first-order chi connectivity index (χ1) is 7.46. The SMILES string of the molecule is Cc1cc(NS(=O)(=O)NC2CC2)cnc1Br. The van der Waals surface area contributed by atoms with Crippen LogP contribution < -0.4 is 9.44 Å². The van der Waals surface area contributed by atoms with E-state index >= 15 is 0 Å². The second-order valence-electron chi connectivity index (χ2n) is 3.83. The van der Waals surface area contributed by atoms with Crippen LogP contribution in [0.4, 0.5) is 5.69 Å². The van der Waals surface area contributed by atoms with E-state index in [-0.39, 0.29) is 6.04 Å². The van der Waals surface area contributed by atoms with Crippen LogP contribution in [0.15, 0.2) is 16.9 Å². The molecule has 1 aromatic heterocycles. The zero-order valence-corrected chi connectivity index (χ0v) is 11.1. The molecule has 0 bridgehead atoms. The minimum absolute atomic E-state index is 0.0991. The van der Waals surface area contributed by atoms with Crippen LogP contribution >= 0.6 is 15.9 Å². The van der Waals surface area contributed by atoms with Crippen LogP contribution in [0.1, 0.15) is 18.4 Å². The lowest BCUT2D eigenvalue weighted by molar-refractivity contribution is 0.586. The van der Waals surface area contributed by atoms with Crippen molar-refractivity contribution in [2.45, 2.75) is 25.8 Å². The van der Waals surface area contributed by atoms with Crippen LogP contribution in [0.2, 0.25) is 0 Å². The fourth-order valence-electron chi connectivity index (χ4n) is 1.22. The third kappa shape index (κ3) is 3.16. The summed E-state index contributed by atoms with van der Waals surface area (Å²) in [5, 5.41) is 0.